The van der Waals surface area contributed by atoms with Crippen molar-refractivity contribution in [2.75, 3.05) is 16.7 Å². The molecule has 10 nitrogen and oxygen atoms in total. The second-order valence-electron chi connectivity index (χ2n) is 2.51. The number of aromatic nitrogens is 2. The zero-order valence-corrected chi connectivity index (χ0v) is 7.82. The van der Waals surface area contributed by atoms with Crippen molar-refractivity contribution in [2.45, 2.75) is 0 Å². The Kier molecular flexibility index (Phi) is 1.82. The molecule has 0 bridgehead atoms. The lowest BCUT2D eigenvalue weighted by atomic mass is 10.4. The van der Waals surface area contributed by atoms with Crippen LogP contribution < -0.4 is 22.4 Å². The van der Waals surface area contributed by atoms with E-state index < -0.39 is 16.1 Å². The van der Waals surface area contributed by atoms with Crippen molar-refractivity contribution in [3.63, 3.8) is 0 Å². The van der Waals surface area contributed by atoms with Gasteiger partial charge < -0.3 is 11.5 Å². The summed E-state index contributed by atoms with van der Waals surface area (Å²) in [6.07, 6.45) is 0. The molecule has 0 aromatic carbocycles. The quantitative estimate of drug-likeness (QED) is 0.494. The molecule has 1 aromatic rings. The molecule has 0 spiro atoms. The third kappa shape index (κ3) is 1.58. The van der Waals surface area contributed by atoms with Crippen LogP contribution in [-0.4, -0.2) is 18.4 Å². The Bertz CT molecular complexity index is 551. The van der Waals surface area contributed by atoms with Crippen LogP contribution in [0.2, 0.25) is 0 Å². The van der Waals surface area contributed by atoms with Crippen LogP contribution in [0.25, 0.3) is 0 Å². The highest BCUT2D eigenvalue weighted by atomic mass is 32.3. The first-order chi connectivity index (χ1) is 6.89. The number of nitrogens with one attached hydrogen (secondary N) is 1. The number of aromatic amines is 1. The lowest BCUT2D eigenvalue weighted by Crippen LogP contribution is -2.43. The highest BCUT2D eigenvalue weighted by molar-refractivity contribution is 7.82. The van der Waals surface area contributed by atoms with Crippen LogP contribution in [0.15, 0.2) is 4.79 Å². The predicted molar refractivity (Wildman–Crippen MR) is 47.3 cm³/mol. The average Bonchev–Trinajstić information content (AvgIpc) is 2.07. The fourth-order valence-electron chi connectivity index (χ4n) is 0.869. The minimum atomic E-state index is -4.04. The third-order valence-corrected chi connectivity index (χ3v) is 2.11. The van der Waals surface area contributed by atoms with Gasteiger partial charge in [-0.05, 0) is 0 Å². The van der Waals surface area contributed by atoms with Gasteiger partial charge in [-0.15, -0.1) is 0 Å². The van der Waals surface area contributed by atoms with E-state index in [1.165, 1.54) is 0 Å². The summed E-state index contributed by atoms with van der Waals surface area (Å²) >= 11 is 0. The maximum atomic E-state index is 10.9. The molecule has 1 aliphatic heterocycles. The van der Waals surface area contributed by atoms with Gasteiger partial charge in [0.05, 0.1) is 0 Å². The van der Waals surface area contributed by atoms with Gasteiger partial charge in [0.1, 0.15) is 11.5 Å². The Morgan fingerprint density at radius 1 is 1.33 bits per heavy atom. The molecule has 1 fully saturated rings. The lowest BCUT2D eigenvalue weighted by molar-refractivity contribution is -0.0205. The minimum Gasteiger partial charge on any atom is -0.393 e. The third-order valence-electron chi connectivity index (χ3n) is 1.47. The summed E-state index contributed by atoms with van der Waals surface area (Å²) in [6.45, 7) is 0. The first-order valence-corrected chi connectivity index (χ1v) is 4.82. The van der Waals surface area contributed by atoms with Crippen molar-refractivity contribution in [1.29, 1.82) is 0 Å². The van der Waals surface area contributed by atoms with Gasteiger partial charge in [0.2, 0.25) is 5.82 Å². The maximum Gasteiger partial charge on any atom is 0.446 e. The number of nitrogen functional groups attached to an aromatic ring is 2. The maximum absolute atomic E-state index is 10.9. The van der Waals surface area contributed by atoms with Crippen LogP contribution in [-0.2, 0) is 19.0 Å². The molecule has 0 amide bonds. The van der Waals surface area contributed by atoms with Gasteiger partial charge in [0.25, 0.3) is 0 Å². The second kappa shape index (κ2) is 2.82. The largest absolute Gasteiger partial charge is 0.446 e. The Balaban J connectivity index is 2.42. The molecule has 15 heavy (non-hydrogen) atoms. The smallest absolute Gasteiger partial charge is 0.393 e. The topological polar surface area (TPSA) is 154 Å². The van der Waals surface area contributed by atoms with Gasteiger partial charge in [-0.25, -0.2) is 4.79 Å². The highest BCUT2D eigenvalue weighted by Gasteiger charge is 2.38. The van der Waals surface area contributed by atoms with Gasteiger partial charge >= 0.3 is 16.1 Å². The Morgan fingerprint density at radius 3 is 2.47 bits per heavy atom. The number of nitrogens with two attached hydrogens (primary N) is 2. The van der Waals surface area contributed by atoms with Gasteiger partial charge in [-0.2, -0.15) is 13.4 Å². The van der Waals surface area contributed by atoms with E-state index in [0.717, 1.165) is 0 Å². The molecule has 1 aromatic heterocycles. The van der Waals surface area contributed by atoms with Crippen LogP contribution in [0.4, 0.5) is 17.3 Å². The Hall–Kier alpha value is -1.85. The molecule has 2 rings (SSSR count). The van der Waals surface area contributed by atoms with Crippen molar-refractivity contribution >= 4 is 27.7 Å². The van der Waals surface area contributed by atoms with Crippen LogP contribution >= 0.6 is 0 Å². The SMILES string of the molecule is Nc1[nH]c(=O)nc(N2OS(=O)(=O)O2)c1N. The van der Waals surface area contributed by atoms with E-state index >= 15 is 0 Å². The number of hydrogen-bond donors (Lipinski definition) is 3. The lowest BCUT2D eigenvalue weighted by Gasteiger charge is -2.26. The molecule has 1 aliphatic rings. The molecule has 82 valence electrons. The van der Waals surface area contributed by atoms with Crippen LogP contribution in [0.5, 0.6) is 0 Å². The molecule has 0 atom stereocenters. The van der Waals surface area contributed by atoms with Crippen molar-refractivity contribution in [2.24, 2.45) is 0 Å². The van der Waals surface area contributed by atoms with Crippen LogP contribution in [0.1, 0.15) is 0 Å². The minimum absolute atomic E-state index is 0.162. The molecule has 2 heterocycles. The van der Waals surface area contributed by atoms with E-state index in [9.17, 15) is 13.2 Å². The second-order valence-corrected chi connectivity index (χ2v) is 3.62. The Morgan fingerprint density at radius 2 is 1.93 bits per heavy atom. The first kappa shape index (κ1) is 9.70. The van der Waals surface area contributed by atoms with E-state index in [4.69, 9.17) is 11.5 Å². The number of rotatable bonds is 1. The van der Waals surface area contributed by atoms with E-state index in [1.807, 2.05) is 0 Å². The molecule has 0 saturated carbocycles. The summed E-state index contributed by atoms with van der Waals surface area (Å²) in [6, 6.07) is 0. The monoisotopic (exact) mass is 235 g/mol. The van der Waals surface area contributed by atoms with Crippen LogP contribution in [0, 0.1) is 0 Å². The highest BCUT2D eigenvalue weighted by Crippen LogP contribution is 2.29. The summed E-state index contributed by atoms with van der Waals surface area (Å²) in [5.41, 5.74) is 9.72. The molecular formula is C4H5N5O5S. The summed E-state index contributed by atoms with van der Waals surface area (Å²) in [7, 11) is -4.04. The first-order valence-electron chi connectivity index (χ1n) is 3.48. The number of hydrogen-bond acceptors (Lipinski definition) is 9. The van der Waals surface area contributed by atoms with Gasteiger partial charge in [0.15, 0.2) is 0 Å². The van der Waals surface area contributed by atoms with Crippen molar-refractivity contribution < 1.29 is 17.0 Å². The summed E-state index contributed by atoms with van der Waals surface area (Å²) in [4.78, 5) is 16.3. The van der Waals surface area contributed by atoms with E-state index in [2.05, 4.69) is 18.5 Å². The van der Waals surface area contributed by atoms with Crippen molar-refractivity contribution in [1.82, 2.24) is 9.97 Å². The van der Waals surface area contributed by atoms with Gasteiger partial charge in [-0.3, -0.25) is 4.98 Å². The number of nitrogens with zero attached hydrogens (tertiary/aromatic N) is 2. The van der Waals surface area contributed by atoms with Gasteiger partial charge in [-0.1, -0.05) is 13.8 Å². The zero-order valence-electron chi connectivity index (χ0n) is 7.00. The molecule has 5 N–H and O–H groups in total. The van der Waals surface area contributed by atoms with Gasteiger partial charge in [0, 0.05) is 0 Å². The molecule has 1 saturated heterocycles. The van der Waals surface area contributed by atoms with E-state index in [1.54, 1.807) is 0 Å². The summed E-state index contributed by atoms with van der Waals surface area (Å²) in [5.74, 6) is -0.493. The molecule has 11 heteroatoms. The molecular weight excluding hydrogens is 230 g/mol. The zero-order chi connectivity index (χ0) is 11.2. The predicted octanol–water partition coefficient (Wildman–Crippen LogP) is -2.14. The van der Waals surface area contributed by atoms with E-state index in [0.29, 0.717) is 5.23 Å². The molecule has 0 aliphatic carbocycles. The summed E-state index contributed by atoms with van der Waals surface area (Å²) < 4.78 is 29.2. The fourth-order valence-corrected chi connectivity index (χ4v) is 1.35. The number of H-pyrrole nitrogens is 1. The van der Waals surface area contributed by atoms with Crippen molar-refractivity contribution in [3.05, 3.63) is 10.5 Å². The fraction of sp³-hybridized carbons (Fsp3) is 0. The normalized spacial score (nSPS) is 18.5. The average molecular weight is 235 g/mol. The van der Waals surface area contributed by atoms with Crippen LogP contribution in [0.3, 0.4) is 0 Å². The standard InChI is InChI=1S/C4H5N5O5S/c5-1-2(6)7-4(10)8-3(1)9-13-15(11,12)14-9/h5H2,(H3,6,7,8,10). The number of anilines is 3. The Labute approximate surface area is 82.6 Å². The molecule has 0 radical (unpaired) electrons. The molecule has 0 unspecified atom stereocenters. The van der Waals surface area contributed by atoms with Crippen molar-refractivity contribution in [3.8, 4) is 0 Å². The van der Waals surface area contributed by atoms with E-state index in [-0.39, 0.29) is 17.3 Å². The summed E-state index contributed by atoms with van der Waals surface area (Å²) in [5, 5.41) is 0.371.